The Hall–Kier alpha value is -3.39. The first-order chi connectivity index (χ1) is 14.0. The van der Waals surface area contributed by atoms with Crippen LogP contribution in [0.2, 0.25) is 0 Å². The lowest BCUT2D eigenvalue weighted by Gasteiger charge is -2.18. The molecule has 0 saturated carbocycles. The lowest BCUT2D eigenvalue weighted by Crippen LogP contribution is -2.42. The van der Waals surface area contributed by atoms with Gasteiger partial charge in [0.15, 0.2) is 0 Å². The number of sulfonamides is 1. The number of hydrogen-bond donors (Lipinski definition) is 2. The van der Waals surface area contributed by atoms with Crippen LogP contribution in [0.4, 0.5) is 5.69 Å². The number of rotatable bonds is 6. The summed E-state index contributed by atoms with van der Waals surface area (Å²) in [6.07, 6.45) is 0. The van der Waals surface area contributed by atoms with Gasteiger partial charge in [-0.25, -0.2) is 8.42 Å². The van der Waals surface area contributed by atoms with Gasteiger partial charge in [0.05, 0.1) is 17.1 Å². The maximum atomic E-state index is 12.9. The standard InChI is InChI=1S/C21H19N3O4S/c25-19(22-12-15-6-2-1-3-7-15)13-23-20(26)14-24-17-10-4-8-16-9-5-11-18(21(16)17)29(24,27)28/h1-11H,12-14H2,(H,22,25)(H,23,26). The maximum absolute atomic E-state index is 12.9. The highest BCUT2D eigenvalue weighted by Crippen LogP contribution is 2.41. The molecule has 0 aromatic heterocycles. The van der Waals surface area contributed by atoms with Gasteiger partial charge in [-0.05, 0) is 23.1 Å². The van der Waals surface area contributed by atoms with Crippen LogP contribution in [0.25, 0.3) is 10.8 Å². The Morgan fingerprint density at radius 3 is 2.31 bits per heavy atom. The second-order valence-corrected chi connectivity index (χ2v) is 8.51. The van der Waals surface area contributed by atoms with Crippen molar-refractivity contribution in [1.82, 2.24) is 10.6 Å². The first-order valence-electron chi connectivity index (χ1n) is 9.08. The highest BCUT2D eigenvalue weighted by Gasteiger charge is 2.36. The van der Waals surface area contributed by atoms with Crippen molar-refractivity contribution in [3.63, 3.8) is 0 Å². The van der Waals surface area contributed by atoms with Gasteiger partial charge in [-0.1, -0.05) is 54.6 Å². The highest BCUT2D eigenvalue weighted by atomic mass is 32.2. The van der Waals surface area contributed by atoms with Crippen molar-refractivity contribution >= 4 is 38.3 Å². The van der Waals surface area contributed by atoms with Crippen LogP contribution in [-0.4, -0.2) is 33.3 Å². The molecule has 0 fully saturated rings. The Kier molecular flexibility index (Phi) is 4.94. The minimum atomic E-state index is -3.81. The third-order valence-corrected chi connectivity index (χ3v) is 6.55. The third kappa shape index (κ3) is 3.66. The Labute approximate surface area is 168 Å². The van der Waals surface area contributed by atoms with Crippen molar-refractivity contribution in [2.45, 2.75) is 11.4 Å². The minimum absolute atomic E-state index is 0.194. The topological polar surface area (TPSA) is 95.6 Å². The van der Waals surface area contributed by atoms with Crippen LogP contribution in [0.3, 0.4) is 0 Å². The van der Waals surface area contributed by atoms with Gasteiger partial charge in [0.25, 0.3) is 10.0 Å². The molecule has 1 heterocycles. The quantitative estimate of drug-likeness (QED) is 0.649. The van der Waals surface area contributed by atoms with Crippen LogP contribution in [-0.2, 0) is 26.2 Å². The molecule has 7 nitrogen and oxygen atoms in total. The predicted molar refractivity (Wildman–Crippen MR) is 110 cm³/mol. The number of carbonyl (C=O) groups excluding carboxylic acids is 2. The van der Waals surface area contributed by atoms with E-state index in [1.807, 2.05) is 42.5 Å². The highest BCUT2D eigenvalue weighted by molar-refractivity contribution is 7.93. The van der Waals surface area contributed by atoms with Crippen LogP contribution >= 0.6 is 0 Å². The second kappa shape index (κ2) is 7.56. The van der Waals surface area contributed by atoms with E-state index in [0.717, 1.165) is 15.3 Å². The molecule has 4 rings (SSSR count). The van der Waals surface area contributed by atoms with Gasteiger partial charge in [-0.15, -0.1) is 0 Å². The van der Waals surface area contributed by atoms with Gasteiger partial charge >= 0.3 is 0 Å². The van der Waals surface area contributed by atoms with Crippen LogP contribution in [0.15, 0.2) is 71.6 Å². The van der Waals surface area contributed by atoms with Crippen molar-refractivity contribution < 1.29 is 18.0 Å². The number of anilines is 1. The molecule has 148 valence electrons. The Balaban J connectivity index is 1.39. The molecule has 1 aliphatic rings. The van der Waals surface area contributed by atoms with Crippen LogP contribution < -0.4 is 14.9 Å². The number of hydrogen-bond acceptors (Lipinski definition) is 4. The number of nitrogens with zero attached hydrogens (tertiary/aromatic N) is 1. The monoisotopic (exact) mass is 409 g/mol. The summed E-state index contributed by atoms with van der Waals surface area (Å²) in [5, 5.41) is 6.61. The molecular weight excluding hydrogens is 390 g/mol. The van der Waals surface area contributed by atoms with Gasteiger partial charge in [0.2, 0.25) is 11.8 Å². The molecule has 2 N–H and O–H groups in total. The molecule has 2 amide bonds. The molecule has 0 bridgehead atoms. The average molecular weight is 409 g/mol. The van der Waals surface area contributed by atoms with Gasteiger partial charge in [0.1, 0.15) is 6.54 Å². The molecular formula is C21H19N3O4S. The van der Waals surface area contributed by atoms with E-state index in [2.05, 4.69) is 10.6 Å². The summed E-state index contributed by atoms with van der Waals surface area (Å²) in [5.41, 5.74) is 1.42. The number of nitrogens with one attached hydrogen (secondary N) is 2. The van der Waals surface area contributed by atoms with E-state index in [-0.39, 0.29) is 23.9 Å². The molecule has 29 heavy (non-hydrogen) atoms. The lowest BCUT2D eigenvalue weighted by atomic mass is 10.1. The van der Waals surface area contributed by atoms with E-state index in [4.69, 9.17) is 0 Å². The SMILES string of the molecule is O=C(CNC(=O)CN1c2cccc3cccc(c23)S1(=O)=O)NCc1ccccc1. The van der Waals surface area contributed by atoms with Crippen molar-refractivity contribution in [3.8, 4) is 0 Å². The first kappa shape index (κ1) is 18.9. The summed E-state index contributed by atoms with van der Waals surface area (Å²) < 4.78 is 26.8. The van der Waals surface area contributed by atoms with Crippen LogP contribution in [0.5, 0.6) is 0 Å². The molecule has 0 aliphatic carbocycles. The molecule has 3 aromatic carbocycles. The zero-order valence-electron chi connectivity index (χ0n) is 15.5. The van der Waals surface area contributed by atoms with Crippen molar-refractivity contribution in [3.05, 3.63) is 72.3 Å². The summed E-state index contributed by atoms with van der Waals surface area (Å²) in [6, 6.07) is 19.7. The zero-order chi connectivity index (χ0) is 20.4. The molecule has 3 aromatic rings. The van der Waals surface area contributed by atoms with Crippen molar-refractivity contribution in [2.75, 3.05) is 17.4 Å². The van der Waals surface area contributed by atoms with Crippen molar-refractivity contribution in [1.29, 1.82) is 0 Å². The Bertz CT molecular complexity index is 1190. The fourth-order valence-corrected chi connectivity index (χ4v) is 5.02. The van der Waals surface area contributed by atoms with E-state index >= 15 is 0 Å². The largest absolute Gasteiger partial charge is 0.350 e. The van der Waals surface area contributed by atoms with Gasteiger partial charge in [0, 0.05) is 11.9 Å². The molecule has 0 atom stereocenters. The normalized spacial score (nSPS) is 14.0. The minimum Gasteiger partial charge on any atom is -0.350 e. The second-order valence-electron chi connectivity index (χ2n) is 6.68. The fraction of sp³-hybridized carbons (Fsp3) is 0.143. The molecule has 0 spiro atoms. The summed E-state index contributed by atoms with van der Waals surface area (Å²) in [5.74, 6) is -0.898. The number of amides is 2. The van der Waals surface area contributed by atoms with E-state index in [1.165, 1.54) is 6.07 Å². The van der Waals surface area contributed by atoms with Crippen LogP contribution in [0.1, 0.15) is 5.56 Å². The van der Waals surface area contributed by atoms with E-state index in [0.29, 0.717) is 17.6 Å². The third-order valence-electron chi connectivity index (χ3n) is 4.75. The summed E-state index contributed by atoms with van der Waals surface area (Å²) in [4.78, 5) is 24.5. The molecule has 0 radical (unpaired) electrons. The Morgan fingerprint density at radius 2 is 1.55 bits per heavy atom. The molecule has 0 unspecified atom stereocenters. The zero-order valence-corrected chi connectivity index (χ0v) is 16.3. The van der Waals surface area contributed by atoms with Gasteiger partial charge < -0.3 is 10.6 Å². The van der Waals surface area contributed by atoms with E-state index in [1.54, 1.807) is 18.2 Å². The predicted octanol–water partition coefficient (Wildman–Crippen LogP) is 1.78. The number of carbonyl (C=O) groups is 2. The maximum Gasteiger partial charge on any atom is 0.265 e. The summed E-state index contributed by atoms with van der Waals surface area (Å²) in [7, 11) is -3.81. The molecule has 8 heteroatoms. The fourth-order valence-electron chi connectivity index (χ4n) is 3.35. The summed E-state index contributed by atoms with van der Waals surface area (Å²) in [6.45, 7) is -0.258. The first-order valence-corrected chi connectivity index (χ1v) is 10.5. The van der Waals surface area contributed by atoms with Gasteiger partial charge in [-0.3, -0.25) is 13.9 Å². The Morgan fingerprint density at radius 1 is 0.828 bits per heavy atom. The average Bonchev–Trinajstić information content (AvgIpc) is 2.95. The molecule has 0 saturated heterocycles. The van der Waals surface area contributed by atoms with E-state index in [9.17, 15) is 18.0 Å². The molecule has 1 aliphatic heterocycles. The lowest BCUT2D eigenvalue weighted by molar-refractivity contribution is -0.125. The smallest absolute Gasteiger partial charge is 0.265 e. The number of benzene rings is 3. The summed E-state index contributed by atoms with van der Waals surface area (Å²) >= 11 is 0. The van der Waals surface area contributed by atoms with Crippen LogP contribution in [0, 0.1) is 0 Å². The van der Waals surface area contributed by atoms with Crippen molar-refractivity contribution in [2.24, 2.45) is 0 Å². The van der Waals surface area contributed by atoms with Gasteiger partial charge in [-0.2, -0.15) is 0 Å². The van der Waals surface area contributed by atoms with E-state index < -0.39 is 15.9 Å².